The van der Waals surface area contributed by atoms with Crippen LogP contribution in [0.4, 0.5) is 11.5 Å². The smallest absolute Gasteiger partial charge is 0.311 e. The molecular weight excluding hydrogens is 234 g/mol. The average Bonchev–Trinajstić information content (AvgIpc) is 2.16. The van der Waals surface area contributed by atoms with Crippen molar-refractivity contribution in [1.82, 2.24) is 4.98 Å². The third kappa shape index (κ3) is 3.81. The third-order valence-electron chi connectivity index (χ3n) is 1.75. The predicted octanol–water partition coefficient (Wildman–Crippen LogP) is 0.446. The third-order valence-corrected chi connectivity index (χ3v) is 2.69. The van der Waals surface area contributed by atoms with E-state index in [1.54, 1.807) is 0 Å². The van der Waals surface area contributed by atoms with Gasteiger partial charge < -0.3 is 5.32 Å². The van der Waals surface area contributed by atoms with E-state index in [0.717, 1.165) is 6.26 Å². The highest BCUT2D eigenvalue weighted by Gasteiger charge is 2.13. The van der Waals surface area contributed by atoms with Gasteiger partial charge in [0.2, 0.25) is 5.82 Å². The van der Waals surface area contributed by atoms with Gasteiger partial charge in [-0.3, -0.25) is 10.1 Å². The Kier molecular flexibility index (Phi) is 3.78. The second-order valence-corrected chi connectivity index (χ2v) is 5.44. The lowest BCUT2D eigenvalue weighted by atomic mass is 10.4. The van der Waals surface area contributed by atoms with Crippen LogP contribution in [0.2, 0.25) is 0 Å². The van der Waals surface area contributed by atoms with Crippen molar-refractivity contribution in [1.29, 1.82) is 0 Å². The standard InChI is InChI=1S/C8H11N3O4S/c1-16(14,15)6-5-10-8-7(11(12)13)3-2-4-9-8/h2-4H,5-6H2,1H3,(H,9,10). The van der Waals surface area contributed by atoms with Crippen LogP contribution in [0.25, 0.3) is 0 Å². The molecule has 1 heterocycles. The fourth-order valence-corrected chi connectivity index (χ4v) is 1.51. The molecule has 0 aromatic carbocycles. The summed E-state index contributed by atoms with van der Waals surface area (Å²) >= 11 is 0. The maximum absolute atomic E-state index is 10.8. The lowest BCUT2D eigenvalue weighted by molar-refractivity contribution is -0.384. The van der Waals surface area contributed by atoms with Crippen LogP contribution in [0.15, 0.2) is 18.3 Å². The molecule has 1 aromatic rings. The summed E-state index contributed by atoms with van der Waals surface area (Å²) in [6, 6.07) is 2.75. The van der Waals surface area contributed by atoms with Crippen LogP contribution in [0, 0.1) is 10.1 Å². The number of nitrogens with one attached hydrogen (secondary N) is 1. The molecule has 0 radical (unpaired) electrons. The maximum Gasteiger partial charge on any atom is 0.311 e. The fraction of sp³-hybridized carbons (Fsp3) is 0.375. The van der Waals surface area contributed by atoms with Gasteiger partial charge in [0, 0.05) is 25.1 Å². The van der Waals surface area contributed by atoms with E-state index in [1.807, 2.05) is 0 Å². The van der Waals surface area contributed by atoms with E-state index in [0.29, 0.717) is 0 Å². The molecule has 1 rings (SSSR count). The number of hydrogen-bond donors (Lipinski definition) is 1. The zero-order valence-electron chi connectivity index (χ0n) is 8.58. The van der Waals surface area contributed by atoms with Crippen LogP contribution >= 0.6 is 0 Å². The molecule has 0 fully saturated rings. The molecule has 0 spiro atoms. The minimum absolute atomic E-state index is 0.0798. The number of rotatable bonds is 5. The molecule has 0 amide bonds. The molecule has 0 bridgehead atoms. The first-order valence-corrected chi connectivity index (χ1v) is 6.47. The maximum atomic E-state index is 10.8. The quantitative estimate of drug-likeness (QED) is 0.596. The van der Waals surface area contributed by atoms with E-state index >= 15 is 0 Å². The van der Waals surface area contributed by atoms with Crippen molar-refractivity contribution < 1.29 is 13.3 Å². The van der Waals surface area contributed by atoms with Gasteiger partial charge in [-0.2, -0.15) is 0 Å². The Morgan fingerprint density at radius 2 is 2.25 bits per heavy atom. The van der Waals surface area contributed by atoms with Crippen LogP contribution in [-0.2, 0) is 9.84 Å². The van der Waals surface area contributed by atoms with Gasteiger partial charge in [-0.25, -0.2) is 13.4 Å². The van der Waals surface area contributed by atoms with E-state index in [2.05, 4.69) is 10.3 Å². The number of hydrogen-bond acceptors (Lipinski definition) is 6. The van der Waals surface area contributed by atoms with Crippen molar-refractivity contribution in [3.8, 4) is 0 Å². The van der Waals surface area contributed by atoms with Crippen molar-refractivity contribution in [2.24, 2.45) is 0 Å². The molecule has 0 aliphatic rings. The van der Waals surface area contributed by atoms with Crippen molar-refractivity contribution >= 4 is 21.3 Å². The minimum atomic E-state index is -3.09. The summed E-state index contributed by atoms with van der Waals surface area (Å²) in [5.41, 5.74) is -0.170. The summed E-state index contributed by atoms with van der Waals surface area (Å²) in [7, 11) is -3.09. The topological polar surface area (TPSA) is 102 Å². The van der Waals surface area contributed by atoms with E-state index in [9.17, 15) is 18.5 Å². The highest BCUT2D eigenvalue weighted by Crippen LogP contribution is 2.19. The van der Waals surface area contributed by atoms with Crippen LogP contribution in [-0.4, -0.2) is 36.9 Å². The Balaban J connectivity index is 2.71. The van der Waals surface area contributed by atoms with Crippen molar-refractivity contribution in [2.45, 2.75) is 0 Å². The second-order valence-electron chi connectivity index (χ2n) is 3.18. The van der Waals surface area contributed by atoms with Crippen LogP contribution < -0.4 is 5.32 Å². The molecule has 7 nitrogen and oxygen atoms in total. The number of pyridine rings is 1. The molecule has 0 aliphatic heterocycles. The molecular formula is C8H11N3O4S. The van der Waals surface area contributed by atoms with Gasteiger partial charge in [-0.1, -0.05) is 0 Å². The Morgan fingerprint density at radius 1 is 1.56 bits per heavy atom. The number of nitrogens with zero attached hydrogens (tertiary/aromatic N) is 2. The molecule has 0 saturated carbocycles. The number of anilines is 1. The molecule has 16 heavy (non-hydrogen) atoms. The van der Waals surface area contributed by atoms with E-state index in [4.69, 9.17) is 0 Å². The number of nitro groups is 1. The zero-order valence-corrected chi connectivity index (χ0v) is 9.40. The molecule has 1 N–H and O–H groups in total. The summed E-state index contributed by atoms with van der Waals surface area (Å²) in [6.07, 6.45) is 2.50. The fourth-order valence-electron chi connectivity index (χ4n) is 1.04. The van der Waals surface area contributed by atoms with E-state index < -0.39 is 14.8 Å². The first-order chi connectivity index (χ1) is 7.40. The molecule has 1 aromatic heterocycles. The normalized spacial score (nSPS) is 11.1. The van der Waals surface area contributed by atoms with Gasteiger partial charge in [-0.05, 0) is 6.07 Å². The SMILES string of the molecule is CS(=O)(=O)CCNc1ncccc1[N+](=O)[O-]. The van der Waals surface area contributed by atoms with Gasteiger partial charge >= 0.3 is 5.69 Å². The average molecular weight is 245 g/mol. The largest absolute Gasteiger partial charge is 0.363 e. The Morgan fingerprint density at radius 3 is 2.81 bits per heavy atom. The summed E-state index contributed by atoms with van der Waals surface area (Å²) in [5, 5.41) is 13.2. The Bertz CT molecular complexity index is 486. The summed E-state index contributed by atoms with van der Waals surface area (Å²) in [6.45, 7) is 0.0939. The predicted molar refractivity (Wildman–Crippen MR) is 59.1 cm³/mol. The molecule has 0 saturated heterocycles. The highest BCUT2D eigenvalue weighted by molar-refractivity contribution is 7.90. The van der Waals surface area contributed by atoms with Crippen LogP contribution in [0.3, 0.4) is 0 Å². The Hall–Kier alpha value is -1.70. The number of sulfone groups is 1. The van der Waals surface area contributed by atoms with Gasteiger partial charge in [0.15, 0.2) is 0 Å². The van der Waals surface area contributed by atoms with Crippen molar-refractivity contribution in [2.75, 3.05) is 23.9 Å². The van der Waals surface area contributed by atoms with Crippen LogP contribution in [0.1, 0.15) is 0 Å². The van der Waals surface area contributed by atoms with E-state index in [1.165, 1.54) is 18.3 Å². The van der Waals surface area contributed by atoms with Gasteiger partial charge in [-0.15, -0.1) is 0 Å². The molecule has 88 valence electrons. The second kappa shape index (κ2) is 4.88. The highest BCUT2D eigenvalue weighted by atomic mass is 32.2. The Labute approximate surface area is 92.6 Å². The summed E-state index contributed by atoms with van der Waals surface area (Å²) < 4.78 is 21.7. The molecule has 0 unspecified atom stereocenters. The zero-order chi connectivity index (χ0) is 12.2. The molecule has 0 atom stereocenters. The van der Waals surface area contributed by atoms with Gasteiger partial charge in [0.25, 0.3) is 0 Å². The first kappa shape index (κ1) is 12.4. The summed E-state index contributed by atoms with van der Waals surface area (Å²) in [5.74, 6) is -0.0167. The lowest BCUT2D eigenvalue weighted by Gasteiger charge is -2.04. The van der Waals surface area contributed by atoms with Gasteiger partial charge in [0.1, 0.15) is 9.84 Å². The van der Waals surface area contributed by atoms with Gasteiger partial charge in [0.05, 0.1) is 10.7 Å². The summed E-state index contributed by atoms with van der Waals surface area (Å²) in [4.78, 5) is 13.8. The van der Waals surface area contributed by atoms with Crippen LogP contribution in [0.5, 0.6) is 0 Å². The van der Waals surface area contributed by atoms with Crippen molar-refractivity contribution in [3.63, 3.8) is 0 Å². The minimum Gasteiger partial charge on any atom is -0.363 e. The lowest BCUT2D eigenvalue weighted by Crippen LogP contribution is -2.15. The van der Waals surface area contributed by atoms with Crippen molar-refractivity contribution in [3.05, 3.63) is 28.4 Å². The first-order valence-electron chi connectivity index (χ1n) is 4.41. The molecule has 0 aliphatic carbocycles. The molecule has 8 heteroatoms. The number of aromatic nitrogens is 1. The van der Waals surface area contributed by atoms with E-state index in [-0.39, 0.29) is 23.8 Å². The monoisotopic (exact) mass is 245 g/mol.